The van der Waals surface area contributed by atoms with Crippen molar-refractivity contribution in [2.45, 2.75) is 39.3 Å². The third-order valence-corrected chi connectivity index (χ3v) is 4.36. The van der Waals surface area contributed by atoms with Crippen LogP contribution in [0.5, 0.6) is 0 Å². The van der Waals surface area contributed by atoms with Gasteiger partial charge in [0.1, 0.15) is 6.10 Å². The highest BCUT2D eigenvalue weighted by molar-refractivity contribution is 5.14. The van der Waals surface area contributed by atoms with Crippen LogP contribution in [-0.4, -0.2) is 23.9 Å². The van der Waals surface area contributed by atoms with Crippen molar-refractivity contribution in [2.24, 2.45) is 5.41 Å². The summed E-state index contributed by atoms with van der Waals surface area (Å²) in [4.78, 5) is 0. The second kappa shape index (κ2) is 9.52. The number of ether oxygens (including phenoxy) is 2. The molecule has 0 aliphatic rings. The third kappa shape index (κ3) is 5.82. The number of rotatable bonds is 10. The fourth-order valence-corrected chi connectivity index (χ4v) is 2.69. The minimum absolute atomic E-state index is 0.108. The molecular formula is C22H28O3. The summed E-state index contributed by atoms with van der Waals surface area (Å²) in [7, 11) is 0. The van der Waals surface area contributed by atoms with Gasteiger partial charge < -0.3 is 14.6 Å². The van der Waals surface area contributed by atoms with Crippen LogP contribution in [0.25, 0.3) is 0 Å². The molecule has 0 spiro atoms. The molecule has 0 amide bonds. The van der Waals surface area contributed by atoms with Crippen molar-refractivity contribution in [3.05, 3.63) is 84.4 Å². The molecule has 134 valence electrons. The summed E-state index contributed by atoms with van der Waals surface area (Å²) in [5, 5.41) is 9.89. The largest absolute Gasteiger partial charge is 0.394 e. The molecule has 3 heteroatoms. The molecule has 0 saturated carbocycles. The topological polar surface area (TPSA) is 38.7 Å². The van der Waals surface area contributed by atoms with Gasteiger partial charge in [-0.15, -0.1) is 6.58 Å². The molecule has 0 bridgehead atoms. The highest BCUT2D eigenvalue weighted by atomic mass is 16.5. The van der Waals surface area contributed by atoms with E-state index >= 15 is 0 Å². The summed E-state index contributed by atoms with van der Waals surface area (Å²) in [6, 6.07) is 19.9. The van der Waals surface area contributed by atoms with Crippen LogP contribution in [0.1, 0.15) is 25.0 Å². The summed E-state index contributed by atoms with van der Waals surface area (Å²) in [5.74, 6) is 0. The monoisotopic (exact) mass is 340 g/mol. The summed E-state index contributed by atoms with van der Waals surface area (Å²) in [5.41, 5.74) is 1.82. The number of hydrogen-bond donors (Lipinski definition) is 1. The maximum Gasteiger partial charge on any atom is 0.108 e. The van der Waals surface area contributed by atoms with Gasteiger partial charge in [0.05, 0.1) is 25.9 Å². The Balaban J connectivity index is 2.07. The first kappa shape index (κ1) is 19.4. The van der Waals surface area contributed by atoms with Crippen molar-refractivity contribution in [2.75, 3.05) is 6.61 Å². The van der Waals surface area contributed by atoms with Gasteiger partial charge in [-0.25, -0.2) is 0 Å². The van der Waals surface area contributed by atoms with Gasteiger partial charge in [0.2, 0.25) is 0 Å². The van der Waals surface area contributed by atoms with Gasteiger partial charge in [-0.2, -0.15) is 0 Å². The van der Waals surface area contributed by atoms with E-state index in [4.69, 9.17) is 9.47 Å². The van der Waals surface area contributed by atoms with E-state index in [1.54, 1.807) is 0 Å². The molecule has 0 aliphatic carbocycles. The highest BCUT2D eigenvalue weighted by Gasteiger charge is 2.35. The Morgan fingerprint density at radius 1 is 0.920 bits per heavy atom. The minimum atomic E-state index is -0.433. The maximum atomic E-state index is 9.89. The zero-order chi connectivity index (χ0) is 18.1. The molecule has 0 fully saturated rings. The lowest BCUT2D eigenvalue weighted by Crippen LogP contribution is -2.44. The van der Waals surface area contributed by atoms with Gasteiger partial charge in [0, 0.05) is 5.41 Å². The third-order valence-electron chi connectivity index (χ3n) is 4.36. The quantitative estimate of drug-likeness (QED) is 0.653. The second-order valence-electron chi connectivity index (χ2n) is 6.76. The molecule has 2 aromatic rings. The van der Waals surface area contributed by atoms with Crippen molar-refractivity contribution in [3.8, 4) is 0 Å². The molecule has 2 atom stereocenters. The van der Waals surface area contributed by atoms with Crippen LogP contribution in [-0.2, 0) is 22.7 Å². The normalized spacial score (nSPS) is 14.0. The average molecular weight is 340 g/mol. The fourth-order valence-electron chi connectivity index (χ4n) is 2.69. The molecule has 2 rings (SSSR count). The van der Waals surface area contributed by atoms with Gasteiger partial charge in [-0.3, -0.25) is 0 Å². The van der Waals surface area contributed by atoms with E-state index in [-0.39, 0.29) is 18.1 Å². The van der Waals surface area contributed by atoms with Gasteiger partial charge in [-0.05, 0) is 11.1 Å². The standard InChI is InChI=1S/C22H28O3/c1-4-22(2,3)21(25-17-19-13-9-6-10-14-19)20(15-23)24-16-18-11-7-5-8-12-18/h4-14,20-21,23H,1,15-17H2,2-3H3/t20-,21-/m1/s1. The Kier molecular flexibility index (Phi) is 7.38. The van der Waals surface area contributed by atoms with E-state index in [1.165, 1.54) is 0 Å². The lowest BCUT2D eigenvalue weighted by atomic mass is 9.83. The highest BCUT2D eigenvalue weighted by Crippen LogP contribution is 2.30. The van der Waals surface area contributed by atoms with E-state index in [9.17, 15) is 5.11 Å². The average Bonchev–Trinajstić information content (AvgIpc) is 2.65. The second-order valence-corrected chi connectivity index (χ2v) is 6.76. The van der Waals surface area contributed by atoms with E-state index in [0.29, 0.717) is 13.2 Å². The predicted octanol–water partition coefficient (Wildman–Crippen LogP) is 4.36. The molecule has 25 heavy (non-hydrogen) atoms. The van der Waals surface area contributed by atoms with Crippen LogP contribution in [0.3, 0.4) is 0 Å². The van der Waals surface area contributed by atoms with E-state index in [2.05, 4.69) is 6.58 Å². The van der Waals surface area contributed by atoms with Crippen molar-refractivity contribution in [1.29, 1.82) is 0 Å². The molecule has 3 nitrogen and oxygen atoms in total. The molecule has 0 aromatic heterocycles. The van der Waals surface area contributed by atoms with Crippen molar-refractivity contribution in [3.63, 3.8) is 0 Å². The lowest BCUT2D eigenvalue weighted by molar-refractivity contribution is -0.135. The van der Waals surface area contributed by atoms with Crippen molar-refractivity contribution < 1.29 is 14.6 Å². The Hall–Kier alpha value is -1.94. The van der Waals surface area contributed by atoms with Crippen LogP contribution >= 0.6 is 0 Å². The zero-order valence-electron chi connectivity index (χ0n) is 15.1. The Bertz CT molecular complexity index is 622. The van der Waals surface area contributed by atoms with E-state index in [0.717, 1.165) is 11.1 Å². The Morgan fingerprint density at radius 3 is 1.84 bits per heavy atom. The molecule has 0 saturated heterocycles. The Morgan fingerprint density at radius 2 is 1.40 bits per heavy atom. The van der Waals surface area contributed by atoms with Crippen LogP contribution in [0.4, 0.5) is 0 Å². The van der Waals surface area contributed by atoms with Gasteiger partial charge >= 0.3 is 0 Å². The smallest absolute Gasteiger partial charge is 0.108 e. The SMILES string of the molecule is C=CC(C)(C)[C@H](OCc1ccccc1)[C@@H](CO)OCc1ccccc1. The first-order valence-corrected chi connectivity index (χ1v) is 8.62. The van der Waals surface area contributed by atoms with Gasteiger partial charge in [-0.1, -0.05) is 80.6 Å². The van der Waals surface area contributed by atoms with Crippen LogP contribution in [0.15, 0.2) is 73.3 Å². The number of aliphatic hydroxyl groups is 1. The first-order valence-electron chi connectivity index (χ1n) is 8.62. The van der Waals surface area contributed by atoms with Gasteiger partial charge in [0.15, 0.2) is 0 Å². The molecule has 0 heterocycles. The summed E-state index contributed by atoms with van der Waals surface area (Å²) >= 11 is 0. The minimum Gasteiger partial charge on any atom is -0.394 e. The zero-order valence-corrected chi connectivity index (χ0v) is 15.1. The van der Waals surface area contributed by atoms with Gasteiger partial charge in [0.25, 0.3) is 0 Å². The molecular weight excluding hydrogens is 312 g/mol. The van der Waals surface area contributed by atoms with E-state index < -0.39 is 6.10 Å². The lowest BCUT2D eigenvalue weighted by Gasteiger charge is -2.36. The summed E-state index contributed by atoms with van der Waals surface area (Å²) in [6.45, 7) is 8.81. The molecule has 2 aromatic carbocycles. The van der Waals surface area contributed by atoms with E-state index in [1.807, 2.05) is 80.6 Å². The van der Waals surface area contributed by atoms with Crippen LogP contribution in [0.2, 0.25) is 0 Å². The number of hydrogen-bond acceptors (Lipinski definition) is 3. The molecule has 0 radical (unpaired) electrons. The van der Waals surface area contributed by atoms with Crippen molar-refractivity contribution in [1.82, 2.24) is 0 Å². The summed E-state index contributed by atoms with van der Waals surface area (Å²) in [6.07, 6.45) is 1.12. The predicted molar refractivity (Wildman–Crippen MR) is 101 cm³/mol. The maximum absolute atomic E-state index is 9.89. The summed E-state index contributed by atoms with van der Waals surface area (Å²) < 4.78 is 12.2. The number of benzene rings is 2. The fraction of sp³-hybridized carbons (Fsp3) is 0.364. The molecule has 0 unspecified atom stereocenters. The number of aliphatic hydroxyl groups excluding tert-OH is 1. The first-order chi connectivity index (χ1) is 12.1. The molecule has 1 N–H and O–H groups in total. The van der Waals surface area contributed by atoms with Crippen LogP contribution in [0, 0.1) is 5.41 Å². The van der Waals surface area contributed by atoms with Crippen molar-refractivity contribution >= 4 is 0 Å². The molecule has 0 aliphatic heterocycles. The Labute approximate surface area is 150 Å². The van der Waals surface area contributed by atoms with Crippen LogP contribution < -0.4 is 0 Å².